The number of anilines is 1. The molecule has 1 aromatic rings. The van der Waals surface area contributed by atoms with Gasteiger partial charge in [-0.25, -0.2) is 0 Å². The van der Waals surface area contributed by atoms with Crippen LogP contribution in [0.15, 0.2) is 0 Å². The van der Waals surface area contributed by atoms with E-state index in [-0.39, 0.29) is 29.0 Å². The van der Waals surface area contributed by atoms with E-state index in [2.05, 4.69) is 20.5 Å². The van der Waals surface area contributed by atoms with Gasteiger partial charge in [-0.2, -0.15) is 4.98 Å². The third kappa shape index (κ3) is 2.94. The lowest BCUT2D eigenvalue weighted by Gasteiger charge is -2.35. The summed E-state index contributed by atoms with van der Waals surface area (Å²) in [5, 5.41) is 10.4. The Kier molecular flexibility index (Phi) is 3.91. The lowest BCUT2D eigenvalue weighted by Crippen LogP contribution is -2.54. The van der Waals surface area contributed by atoms with Crippen molar-refractivity contribution in [2.45, 2.75) is 24.9 Å². The molecule has 1 aliphatic carbocycles. The highest BCUT2D eigenvalue weighted by molar-refractivity contribution is 6.32. The summed E-state index contributed by atoms with van der Waals surface area (Å²) >= 11 is 11.8. The van der Waals surface area contributed by atoms with E-state index < -0.39 is 6.04 Å². The van der Waals surface area contributed by atoms with Gasteiger partial charge in [0.2, 0.25) is 11.2 Å². The number of hydrogen-bond donors (Lipinski definition) is 1. The highest BCUT2D eigenvalue weighted by Crippen LogP contribution is 2.26. The van der Waals surface area contributed by atoms with Crippen LogP contribution in [0.25, 0.3) is 0 Å². The minimum atomic E-state index is -0.477. The van der Waals surface area contributed by atoms with E-state index in [1.54, 1.807) is 4.90 Å². The van der Waals surface area contributed by atoms with Crippen LogP contribution in [0.2, 0.25) is 10.4 Å². The normalized spacial score (nSPS) is 22.7. The van der Waals surface area contributed by atoms with Crippen molar-refractivity contribution in [2.24, 2.45) is 0 Å². The second-order valence-corrected chi connectivity index (χ2v) is 5.46. The Morgan fingerprint density at radius 1 is 1.35 bits per heavy atom. The van der Waals surface area contributed by atoms with Gasteiger partial charge in [-0.3, -0.25) is 4.79 Å². The van der Waals surface area contributed by atoms with Gasteiger partial charge in [0, 0.05) is 12.6 Å². The molecule has 2 fully saturated rings. The average molecular weight is 318 g/mol. The number of rotatable bonds is 3. The summed E-state index contributed by atoms with van der Waals surface area (Å²) in [7, 11) is 0. The van der Waals surface area contributed by atoms with Crippen LogP contribution in [0.1, 0.15) is 12.8 Å². The maximum Gasteiger partial charge on any atom is 0.245 e. The standard InChI is InChI=1S/C11H13Cl2N5O2/c12-8-9(15-11(13)17-16-8)18-3-4-20-5-7(18)10(19)14-6-1-2-6/h6-7H,1-5H2,(H,14,19). The molecule has 9 heteroatoms. The molecule has 2 heterocycles. The number of carbonyl (C=O) groups is 1. The van der Waals surface area contributed by atoms with Gasteiger partial charge in [0.15, 0.2) is 11.0 Å². The van der Waals surface area contributed by atoms with E-state index in [4.69, 9.17) is 27.9 Å². The van der Waals surface area contributed by atoms with Crippen LogP contribution in [0.4, 0.5) is 5.82 Å². The fourth-order valence-electron chi connectivity index (χ4n) is 2.07. The van der Waals surface area contributed by atoms with E-state index in [9.17, 15) is 4.79 Å². The third-order valence-electron chi connectivity index (χ3n) is 3.23. The Morgan fingerprint density at radius 3 is 2.90 bits per heavy atom. The molecule has 1 saturated heterocycles. The van der Waals surface area contributed by atoms with Crippen molar-refractivity contribution >= 4 is 34.9 Å². The second kappa shape index (κ2) is 5.67. The van der Waals surface area contributed by atoms with Crippen molar-refractivity contribution in [3.8, 4) is 0 Å². The van der Waals surface area contributed by atoms with E-state index in [1.807, 2.05) is 0 Å². The number of nitrogens with one attached hydrogen (secondary N) is 1. The SMILES string of the molecule is O=C(NC1CC1)C1COCCN1c1nc(Cl)nnc1Cl. The van der Waals surface area contributed by atoms with Gasteiger partial charge >= 0.3 is 0 Å². The predicted octanol–water partition coefficient (Wildman–Crippen LogP) is 0.662. The molecule has 0 bridgehead atoms. The molecule has 7 nitrogen and oxygen atoms in total. The largest absolute Gasteiger partial charge is 0.377 e. The zero-order valence-corrected chi connectivity index (χ0v) is 12.1. The minimum absolute atomic E-state index is 0.00255. The molecular weight excluding hydrogens is 305 g/mol. The van der Waals surface area contributed by atoms with Crippen molar-refractivity contribution in [1.82, 2.24) is 20.5 Å². The number of halogens is 2. The third-order valence-corrected chi connectivity index (χ3v) is 3.63. The molecule has 20 heavy (non-hydrogen) atoms. The fraction of sp³-hybridized carbons (Fsp3) is 0.636. The van der Waals surface area contributed by atoms with Crippen molar-refractivity contribution in [3.63, 3.8) is 0 Å². The molecule has 1 atom stereocenters. The minimum Gasteiger partial charge on any atom is -0.377 e. The van der Waals surface area contributed by atoms with Crippen LogP contribution in [-0.2, 0) is 9.53 Å². The molecule has 0 radical (unpaired) electrons. The summed E-state index contributed by atoms with van der Waals surface area (Å²) < 4.78 is 5.38. The van der Waals surface area contributed by atoms with Gasteiger partial charge in [0.25, 0.3) is 0 Å². The van der Waals surface area contributed by atoms with E-state index in [0.29, 0.717) is 19.0 Å². The van der Waals surface area contributed by atoms with Crippen molar-refractivity contribution < 1.29 is 9.53 Å². The van der Waals surface area contributed by atoms with Gasteiger partial charge < -0.3 is 15.0 Å². The molecule has 1 N–H and O–H groups in total. The van der Waals surface area contributed by atoms with Crippen molar-refractivity contribution in [2.75, 3.05) is 24.7 Å². The molecule has 0 spiro atoms. The van der Waals surface area contributed by atoms with Crippen LogP contribution < -0.4 is 10.2 Å². The molecule has 1 amide bonds. The van der Waals surface area contributed by atoms with Crippen LogP contribution in [0, 0.1) is 0 Å². The van der Waals surface area contributed by atoms with Gasteiger partial charge in [0.1, 0.15) is 6.04 Å². The summed E-state index contributed by atoms with van der Waals surface area (Å²) in [5.41, 5.74) is 0. The highest BCUT2D eigenvalue weighted by Gasteiger charge is 2.35. The first kappa shape index (κ1) is 13.8. The maximum absolute atomic E-state index is 12.3. The molecule has 1 saturated carbocycles. The number of carbonyl (C=O) groups excluding carboxylic acids is 1. The number of nitrogens with zero attached hydrogens (tertiary/aromatic N) is 4. The zero-order valence-electron chi connectivity index (χ0n) is 10.6. The Morgan fingerprint density at radius 2 is 2.15 bits per heavy atom. The van der Waals surface area contributed by atoms with Crippen molar-refractivity contribution in [3.05, 3.63) is 10.4 Å². The van der Waals surface area contributed by atoms with E-state index in [1.165, 1.54) is 0 Å². The van der Waals surface area contributed by atoms with Crippen LogP contribution >= 0.6 is 23.2 Å². The summed E-state index contributed by atoms with van der Waals surface area (Å²) in [5.74, 6) is 0.281. The maximum atomic E-state index is 12.3. The quantitative estimate of drug-likeness (QED) is 0.882. The number of ether oxygens (including phenoxy) is 1. The first-order valence-corrected chi connectivity index (χ1v) is 7.11. The molecular formula is C11H13Cl2N5O2. The first-order chi connectivity index (χ1) is 9.65. The summed E-state index contributed by atoms with van der Waals surface area (Å²) in [6.07, 6.45) is 2.06. The average Bonchev–Trinajstić information content (AvgIpc) is 3.25. The smallest absolute Gasteiger partial charge is 0.245 e. The lowest BCUT2D eigenvalue weighted by atomic mass is 10.2. The van der Waals surface area contributed by atoms with Gasteiger partial charge in [-0.05, 0) is 24.4 Å². The molecule has 3 rings (SSSR count). The summed E-state index contributed by atoms with van der Waals surface area (Å²) in [6.45, 7) is 1.28. The Bertz CT molecular complexity index is 526. The summed E-state index contributed by atoms with van der Waals surface area (Å²) in [4.78, 5) is 18.1. The van der Waals surface area contributed by atoms with Crippen LogP contribution in [0.3, 0.4) is 0 Å². The monoisotopic (exact) mass is 317 g/mol. The Balaban J connectivity index is 1.83. The van der Waals surface area contributed by atoms with E-state index in [0.717, 1.165) is 12.8 Å². The van der Waals surface area contributed by atoms with E-state index >= 15 is 0 Å². The Hall–Kier alpha value is -1.18. The number of morpholine rings is 1. The predicted molar refractivity (Wildman–Crippen MR) is 73.0 cm³/mol. The van der Waals surface area contributed by atoms with Gasteiger partial charge in [-0.1, -0.05) is 11.6 Å². The molecule has 1 aliphatic heterocycles. The lowest BCUT2D eigenvalue weighted by molar-refractivity contribution is -0.124. The van der Waals surface area contributed by atoms with Crippen molar-refractivity contribution in [1.29, 1.82) is 0 Å². The fourth-order valence-corrected chi connectivity index (χ4v) is 2.37. The molecule has 1 unspecified atom stereocenters. The molecule has 1 aromatic heterocycles. The molecule has 2 aliphatic rings. The van der Waals surface area contributed by atoms with Crippen LogP contribution in [0.5, 0.6) is 0 Å². The highest BCUT2D eigenvalue weighted by atomic mass is 35.5. The van der Waals surface area contributed by atoms with Gasteiger partial charge in [0.05, 0.1) is 13.2 Å². The van der Waals surface area contributed by atoms with Crippen LogP contribution in [-0.4, -0.2) is 52.9 Å². The number of hydrogen-bond acceptors (Lipinski definition) is 6. The molecule has 0 aromatic carbocycles. The zero-order chi connectivity index (χ0) is 14.1. The first-order valence-electron chi connectivity index (χ1n) is 6.35. The van der Waals surface area contributed by atoms with Gasteiger partial charge in [-0.15, -0.1) is 10.2 Å². The summed E-state index contributed by atoms with van der Waals surface area (Å²) in [6, 6.07) is -0.191. The Labute approximate surface area is 125 Å². The number of aromatic nitrogens is 3. The second-order valence-electron chi connectivity index (χ2n) is 4.76. The number of amides is 1. The topological polar surface area (TPSA) is 80.2 Å². The molecule has 108 valence electrons.